The van der Waals surface area contributed by atoms with Gasteiger partial charge in [0.2, 0.25) is 0 Å². The van der Waals surface area contributed by atoms with Crippen LogP contribution in [0.25, 0.3) is 0 Å². The zero-order valence-corrected chi connectivity index (χ0v) is 12.5. The van der Waals surface area contributed by atoms with E-state index in [1.807, 2.05) is 0 Å². The van der Waals surface area contributed by atoms with E-state index in [0.717, 1.165) is 23.4 Å². The lowest BCUT2D eigenvalue weighted by Gasteiger charge is -2.18. The fourth-order valence-electron chi connectivity index (χ4n) is 3.15. The molecule has 0 bridgehead atoms. The molecular formula is C15H22N2OS. The van der Waals surface area contributed by atoms with Crippen LogP contribution in [-0.2, 0) is 11.3 Å². The van der Waals surface area contributed by atoms with Gasteiger partial charge in [-0.15, -0.1) is 11.3 Å². The van der Waals surface area contributed by atoms with Crippen LogP contribution in [0.4, 0.5) is 0 Å². The molecule has 0 unspecified atom stereocenters. The van der Waals surface area contributed by atoms with Crippen molar-refractivity contribution in [3.8, 4) is 0 Å². The molecule has 0 amide bonds. The maximum absolute atomic E-state index is 5.32. The maximum atomic E-state index is 5.32. The summed E-state index contributed by atoms with van der Waals surface area (Å²) >= 11 is 1.72. The summed E-state index contributed by atoms with van der Waals surface area (Å²) in [6.45, 7) is 5.53. The van der Waals surface area contributed by atoms with Crippen molar-refractivity contribution in [3.05, 3.63) is 28.2 Å². The molecule has 1 aromatic heterocycles. The van der Waals surface area contributed by atoms with E-state index in [-0.39, 0.29) is 6.10 Å². The first-order valence-corrected chi connectivity index (χ1v) is 7.98. The van der Waals surface area contributed by atoms with Crippen LogP contribution in [0.5, 0.6) is 0 Å². The molecule has 0 saturated carbocycles. The Balaban J connectivity index is 1.59. The zero-order valence-electron chi connectivity index (χ0n) is 11.7. The van der Waals surface area contributed by atoms with Gasteiger partial charge in [0.1, 0.15) is 11.1 Å². The Morgan fingerprint density at radius 2 is 2.05 bits per heavy atom. The smallest absolute Gasteiger partial charge is 0.122 e. The Morgan fingerprint density at radius 1 is 1.37 bits per heavy atom. The largest absolute Gasteiger partial charge is 0.375 e. The van der Waals surface area contributed by atoms with Gasteiger partial charge in [0.25, 0.3) is 0 Å². The van der Waals surface area contributed by atoms with Gasteiger partial charge in [-0.3, -0.25) is 4.90 Å². The third-order valence-electron chi connectivity index (χ3n) is 4.35. The minimum absolute atomic E-state index is 0.115. The quantitative estimate of drug-likeness (QED) is 0.791. The van der Waals surface area contributed by atoms with Gasteiger partial charge in [-0.2, -0.15) is 0 Å². The Bertz CT molecular complexity index is 441. The van der Waals surface area contributed by atoms with Crippen LogP contribution in [0.15, 0.2) is 17.5 Å². The van der Waals surface area contributed by atoms with Crippen LogP contribution in [-0.4, -0.2) is 30.1 Å². The molecule has 19 heavy (non-hydrogen) atoms. The molecule has 0 radical (unpaired) electrons. The lowest BCUT2D eigenvalue weighted by molar-refractivity contribution is 0.119. The van der Waals surface area contributed by atoms with Crippen LogP contribution in [0.3, 0.4) is 0 Å². The Labute approximate surface area is 119 Å². The Kier molecular flexibility index (Phi) is 4.01. The van der Waals surface area contributed by atoms with E-state index in [0.29, 0.717) is 0 Å². The summed E-state index contributed by atoms with van der Waals surface area (Å²) < 4.78 is 5.32. The number of hydrogen-bond acceptors (Lipinski definition) is 4. The van der Waals surface area contributed by atoms with Crippen LogP contribution in [0.2, 0.25) is 0 Å². The Hall–Kier alpha value is -0.710. The minimum atomic E-state index is 0.115. The van der Waals surface area contributed by atoms with Gasteiger partial charge in [0, 0.05) is 32.1 Å². The second-order valence-corrected chi connectivity index (χ2v) is 6.60. The number of ether oxygens (including phenoxy) is 1. The van der Waals surface area contributed by atoms with Crippen molar-refractivity contribution in [2.45, 2.75) is 32.4 Å². The third kappa shape index (κ3) is 2.91. The molecule has 2 heterocycles. The van der Waals surface area contributed by atoms with Crippen molar-refractivity contribution in [2.75, 3.05) is 20.2 Å². The first kappa shape index (κ1) is 13.3. The first-order valence-electron chi connectivity index (χ1n) is 7.10. The molecule has 0 N–H and O–H groups in total. The summed E-state index contributed by atoms with van der Waals surface area (Å²) in [6, 6.07) is 0. The van der Waals surface area contributed by atoms with Gasteiger partial charge in [-0.05, 0) is 31.6 Å². The van der Waals surface area contributed by atoms with E-state index >= 15 is 0 Å². The average Bonchev–Trinajstić information content (AvgIpc) is 3.04. The van der Waals surface area contributed by atoms with Crippen molar-refractivity contribution >= 4 is 11.3 Å². The number of aromatic nitrogens is 1. The fourth-order valence-corrected chi connectivity index (χ4v) is 3.99. The number of allylic oxidation sites excluding steroid dienone is 2. The van der Waals surface area contributed by atoms with Crippen LogP contribution in [0, 0.1) is 11.8 Å². The van der Waals surface area contributed by atoms with Crippen molar-refractivity contribution in [3.63, 3.8) is 0 Å². The first-order chi connectivity index (χ1) is 9.26. The fraction of sp³-hybridized carbons (Fsp3) is 0.667. The second kappa shape index (κ2) is 5.73. The molecule has 1 aliphatic carbocycles. The SMILES string of the molecule is CO[C@H](C)c1nc(CN2C[C@@H]3CC=CC[C@H]3C2)cs1. The molecule has 3 atom stereocenters. The van der Waals surface area contributed by atoms with E-state index in [1.54, 1.807) is 18.4 Å². The summed E-state index contributed by atoms with van der Waals surface area (Å²) in [4.78, 5) is 7.27. The van der Waals surface area contributed by atoms with Crippen LogP contribution in [0.1, 0.15) is 36.6 Å². The Morgan fingerprint density at radius 3 is 2.68 bits per heavy atom. The predicted molar refractivity (Wildman–Crippen MR) is 78.2 cm³/mol. The van der Waals surface area contributed by atoms with Crippen LogP contribution < -0.4 is 0 Å². The number of rotatable bonds is 4. The molecule has 1 saturated heterocycles. The molecule has 104 valence electrons. The molecule has 0 aromatic carbocycles. The molecule has 3 rings (SSSR count). The lowest BCUT2D eigenvalue weighted by atomic mass is 9.86. The normalized spacial score (nSPS) is 28.5. The monoisotopic (exact) mass is 278 g/mol. The van der Waals surface area contributed by atoms with Crippen molar-refractivity contribution < 1.29 is 4.74 Å². The molecule has 0 spiro atoms. The topological polar surface area (TPSA) is 25.4 Å². The molecule has 4 heteroatoms. The second-order valence-electron chi connectivity index (χ2n) is 5.71. The van der Waals surface area contributed by atoms with Crippen LogP contribution >= 0.6 is 11.3 Å². The summed E-state index contributed by atoms with van der Waals surface area (Å²) in [5, 5.41) is 3.28. The number of hydrogen-bond donors (Lipinski definition) is 0. The summed E-state index contributed by atoms with van der Waals surface area (Å²) in [5.41, 5.74) is 1.20. The van der Waals surface area contributed by atoms with E-state index < -0.39 is 0 Å². The van der Waals surface area contributed by atoms with Gasteiger partial charge in [-0.25, -0.2) is 4.98 Å². The zero-order chi connectivity index (χ0) is 13.2. The lowest BCUT2D eigenvalue weighted by Crippen LogP contribution is -2.20. The standard InChI is InChI=1S/C15H22N2OS/c1-11(18-2)15-16-14(10-19-15)9-17-7-12-5-3-4-6-13(12)8-17/h3-4,10-13H,5-9H2,1-2H3/t11-,12+,13+/m1/s1. The number of likely N-dealkylation sites (tertiary alicyclic amines) is 1. The summed E-state index contributed by atoms with van der Waals surface area (Å²) in [6.07, 6.45) is 7.36. The number of nitrogens with zero attached hydrogens (tertiary/aromatic N) is 2. The number of methoxy groups -OCH3 is 1. The van der Waals surface area contributed by atoms with E-state index in [4.69, 9.17) is 9.72 Å². The molecule has 2 aliphatic rings. The molecule has 1 aromatic rings. The van der Waals surface area contributed by atoms with Gasteiger partial charge in [-0.1, -0.05) is 12.2 Å². The molecule has 3 nitrogen and oxygen atoms in total. The predicted octanol–water partition coefficient (Wildman–Crippen LogP) is 3.25. The highest BCUT2D eigenvalue weighted by Crippen LogP contribution is 2.33. The number of thiazole rings is 1. The van der Waals surface area contributed by atoms with Gasteiger partial charge in [0.05, 0.1) is 5.69 Å². The van der Waals surface area contributed by atoms with Crippen molar-refractivity contribution in [2.24, 2.45) is 11.8 Å². The van der Waals surface area contributed by atoms with Gasteiger partial charge in [0.15, 0.2) is 0 Å². The minimum Gasteiger partial charge on any atom is -0.375 e. The highest BCUT2D eigenvalue weighted by Gasteiger charge is 2.32. The summed E-state index contributed by atoms with van der Waals surface area (Å²) in [5.74, 6) is 1.75. The van der Waals surface area contributed by atoms with Gasteiger partial charge < -0.3 is 4.74 Å². The molecule has 1 fully saturated rings. The number of fused-ring (bicyclic) bond motifs is 1. The maximum Gasteiger partial charge on any atom is 0.122 e. The molecular weight excluding hydrogens is 256 g/mol. The van der Waals surface area contributed by atoms with E-state index in [9.17, 15) is 0 Å². The van der Waals surface area contributed by atoms with Crippen molar-refractivity contribution in [1.82, 2.24) is 9.88 Å². The highest BCUT2D eigenvalue weighted by molar-refractivity contribution is 7.09. The average molecular weight is 278 g/mol. The summed E-state index contributed by atoms with van der Waals surface area (Å²) in [7, 11) is 1.74. The third-order valence-corrected chi connectivity index (χ3v) is 5.41. The van der Waals surface area contributed by atoms with Gasteiger partial charge >= 0.3 is 0 Å². The van der Waals surface area contributed by atoms with E-state index in [2.05, 4.69) is 29.4 Å². The highest BCUT2D eigenvalue weighted by atomic mass is 32.1. The van der Waals surface area contributed by atoms with E-state index in [1.165, 1.54) is 31.6 Å². The molecule has 1 aliphatic heterocycles. The van der Waals surface area contributed by atoms with Crippen molar-refractivity contribution in [1.29, 1.82) is 0 Å².